The number of sulfonamides is 1. The van der Waals surface area contributed by atoms with Gasteiger partial charge >= 0.3 is 0 Å². The van der Waals surface area contributed by atoms with E-state index < -0.39 is 10.0 Å². The molecule has 0 aromatic heterocycles. The van der Waals surface area contributed by atoms with Crippen LogP contribution >= 0.6 is 11.6 Å². The predicted molar refractivity (Wildman–Crippen MR) is 123 cm³/mol. The number of anilines is 1. The largest absolute Gasteiger partial charge is 0.494 e. The molecule has 9 heteroatoms. The van der Waals surface area contributed by atoms with Gasteiger partial charge in [0.25, 0.3) is 0 Å². The topological polar surface area (TPSA) is 78.9 Å². The molecule has 3 rings (SSSR count). The minimum atomic E-state index is -3.43. The second-order valence-electron chi connectivity index (χ2n) is 7.29. The molecule has 2 aromatic carbocycles. The van der Waals surface area contributed by atoms with Gasteiger partial charge in [0, 0.05) is 43.4 Å². The zero-order valence-electron chi connectivity index (χ0n) is 17.6. The van der Waals surface area contributed by atoms with Crippen LogP contribution in [0.2, 0.25) is 5.02 Å². The fourth-order valence-corrected chi connectivity index (χ4v) is 4.99. The molecule has 0 unspecified atom stereocenters. The van der Waals surface area contributed by atoms with Crippen molar-refractivity contribution in [1.82, 2.24) is 9.62 Å². The molecule has 31 heavy (non-hydrogen) atoms. The van der Waals surface area contributed by atoms with Crippen molar-refractivity contribution in [1.29, 1.82) is 0 Å². The Balaban J connectivity index is 1.42. The molecule has 0 aliphatic carbocycles. The van der Waals surface area contributed by atoms with E-state index in [1.54, 1.807) is 0 Å². The van der Waals surface area contributed by atoms with Crippen molar-refractivity contribution < 1.29 is 17.9 Å². The molecule has 0 atom stereocenters. The zero-order valence-corrected chi connectivity index (χ0v) is 19.2. The third kappa shape index (κ3) is 6.85. The van der Waals surface area contributed by atoms with Crippen LogP contribution in [-0.2, 0) is 21.2 Å². The van der Waals surface area contributed by atoms with Crippen molar-refractivity contribution in [2.45, 2.75) is 13.3 Å². The van der Waals surface area contributed by atoms with Crippen LogP contribution in [0.3, 0.4) is 0 Å². The highest BCUT2D eigenvalue weighted by atomic mass is 35.5. The summed E-state index contributed by atoms with van der Waals surface area (Å²) in [6, 6.07) is 14.9. The summed E-state index contributed by atoms with van der Waals surface area (Å²) in [6.45, 7) is 4.61. The lowest BCUT2D eigenvalue weighted by Gasteiger charge is -2.35. The number of hydrogen-bond acceptors (Lipinski definition) is 5. The number of carbonyl (C=O) groups excluding carboxylic acids is 1. The SMILES string of the molecule is CCOc1ccc(CC(=O)NCCS(=O)(=O)N2CCN(c3cccc(Cl)c3)CC2)cc1. The van der Waals surface area contributed by atoms with Crippen LogP contribution in [0.25, 0.3) is 0 Å². The Bertz CT molecular complexity index is 975. The number of nitrogens with one attached hydrogen (secondary N) is 1. The van der Waals surface area contributed by atoms with Crippen molar-refractivity contribution in [3.8, 4) is 5.75 Å². The van der Waals surface area contributed by atoms with E-state index in [0.29, 0.717) is 37.8 Å². The first kappa shape index (κ1) is 23.4. The second-order valence-corrected chi connectivity index (χ2v) is 9.81. The normalized spacial score (nSPS) is 15.0. The summed E-state index contributed by atoms with van der Waals surface area (Å²) in [5, 5.41) is 3.37. The molecule has 1 N–H and O–H groups in total. The Kier molecular flexibility index (Phi) is 8.17. The molecule has 168 valence electrons. The average molecular weight is 466 g/mol. The lowest BCUT2D eigenvalue weighted by molar-refractivity contribution is -0.120. The summed E-state index contributed by atoms with van der Waals surface area (Å²) in [6.07, 6.45) is 0.199. The van der Waals surface area contributed by atoms with Gasteiger partial charge in [0.2, 0.25) is 15.9 Å². The van der Waals surface area contributed by atoms with E-state index in [1.807, 2.05) is 55.5 Å². The second kappa shape index (κ2) is 10.8. The number of ether oxygens (including phenoxy) is 1. The van der Waals surface area contributed by atoms with E-state index in [1.165, 1.54) is 4.31 Å². The molecular formula is C22H28ClN3O4S. The van der Waals surface area contributed by atoms with Crippen LogP contribution in [0.1, 0.15) is 12.5 Å². The molecule has 0 bridgehead atoms. The van der Waals surface area contributed by atoms with Gasteiger partial charge in [-0.3, -0.25) is 4.79 Å². The summed E-state index contributed by atoms with van der Waals surface area (Å²) in [5.74, 6) is 0.442. The first-order valence-corrected chi connectivity index (χ1v) is 12.3. The maximum absolute atomic E-state index is 12.6. The van der Waals surface area contributed by atoms with Gasteiger partial charge in [-0.1, -0.05) is 29.8 Å². The fraction of sp³-hybridized carbons (Fsp3) is 0.409. The summed E-state index contributed by atoms with van der Waals surface area (Å²) in [4.78, 5) is 14.3. The van der Waals surface area contributed by atoms with E-state index in [2.05, 4.69) is 10.2 Å². The van der Waals surface area contributed by atoms with Crippen LogP contribution < -0.4 is 15.0 Å². The average Bonchev–Trinajstić information content (AvgIpc) is 2.75. The number of amides is 1. The van der Waals surface area contributed by atoms with E-state index >= 15 is 0 Å². The van der Waals surface area contributed by atoms with Crippen LogP contribution in [0.4, 0.5) is 5.69 Å². The molecule has 1 aliphatic heterocycles. The molecule has 2 aromatic rings. The third-order valence-electron chi connectivity index (χ3n) is 5.09. The van der Waals surface area contributed by atoms with E-state index in [0.717, 1.165) is 17.0 Å². The summed E-state index contributed by atoms with van der Waals surface area (Å²) < 4.78 is 32.2. The van der Waals surface area contributed by atoms with Gasteiger partial charge in [0.05, 0.1) is 18.8 Å². The lowest BCUT2D eigenvalue weighted by atomic mass is 10.1. The van der Waals surface area contributed by atoms with E-state index in [-0.39, 0.29) is 24.6 Å². The Morgan fingerprint density at radius 2 is 1.81 bits per heavy atom. The molecule has 1 amide bonds. The minimum Gasteiger partial charge on any atom is -0.494 e. The van der Waals surface area contributed by atoms with Crippen molar-refractivity contribution in [3.05, 3.63) is 59.1 Å². The maximum Gasteiger partial charge on any atom is 0.224 e. The van der Waals surface area contributed by atoms with Gasteiger partial charge in [0.1, 0.15) is 5.75 Å². The molecule has 1 fully saturated rings. The standard InChI is InChI=1S/C22H28ClN3O4S/c1-2-30-21-8-6-18(7-9-21)16-22(27)24-10-15-31(28,29)26-13-11-25(12-14-26)20-5-3-4-19(23)17-20/h3-9,17H,2,10-16H2,1H3,(H,24,27). The number of benzene rings is 2. The Morgan fingerprint density at radius 3 is 2.45 bits per heavy atom. The molecule has 7 nitrogen and oxygen atoms in total. The molecule has 1 heterocycles. The highest BCUT2D eigenvalue weighted by Gasteiger charge is 2.26. The highest BCUT2D eigenvalue weighted by molar-refractivity contribution is 7.89. The number of carbonyl (C=O) groups is 1. The highest BCUT2D eigenvalue weighted by Crippen LogP contribution is 2.21. The van der Waals surface area contributed by atoms with Gasteiger partial charge in [-0.05, 0) is 42.8 Å². The summed E-state index contributed by atoms with van der Waals surface area (Å²) >= 11 is 6.05. The monoisotopic (exact) mass is 465 g/mol. The van der Waals surface area contributed by atoms with Gasteiger partial charge in [0.15, 0.2) is 0 Å². The smallest absolute Gasteiger partial charge is 0.224 e. The Labute approximate surface area is 189 Å². The van der Waals surface area contributed by atoms with E-state index in [4.69, 9.17) is 16.3 Å². The molecule has 0 saturated carbocycles. The van der Waals surface area contributed by atoms with Crippen molar-refractivity contribution >= 4 is 33.2 Å². The first-order valence-electron chi connectivity index (χ1n) is 10.3. The fourth-order valence-electron chi connectivity index (χ4n) is 3.46. The van der Waals surface area contributed by atoms with Crippen LogP contribution in [0.15, 0.2) is 48.5 Å². The van der Waals surface area contributed by atoms with Crippen molar-refractivity contribution in [2.75, 3.05) is 50.0 Å². The maximum atomic E-state index is 12.6. The minimum absolute atomic E-state index is 0.0900. The molecule has 0 spiro atoms. The number of hydrogen-bond donors (Lipinski definition) is 1. The summed E-state index contributed by atoms with van der Waals surface area (Å²) in [5.41, 5.74) is 1.84. The quantitative estimate of drug-likeness (QED) is 0.615. The predicted octanol–water partition coefficient (Wildman–Crippen LogP) is 2.55. The van der Waals surface area contributed by atoms with Crippen LogP contribution in [-0.4, -0.2) is 63.7 Å². The molecule has 1 aliphatic rings. The van der Waals surface area contributed by atoms with Crippen molar-refractivity contribution in [3.63, 3.8) is 0 Å². The van der Waals surface area contributed by atoms with Crippen LogP contribution in [0.5, 0.6) is 5.75 Å². The van der Waals surface area contributed by atoms with Gasteiger partial charge < -0.3 is 15.0 Å². The lowest BCUT2D eigenvalue weighted by Crippen LogP contribution is -2.50. The van der Waals surface area contributed by atoms with Gasteiger partial charge in [-0.15, -0.1) is 0 Å². The van der Waals surface area contributed by atoms with Crippen LogP contribution in [0, 0.1) is 0 Å². The molecule has 1 saturated heterocycles. The first-order chi connectivity index (χ1) is 14.9. The Morgan fingerprint density at radius 1 is 1.10 bits per heavy atom. The third-order valence-corrected chi connectivity index (χ3v) is 7.19. The zero-order chi connectivity index (χ0) is 22.3. The number of piperazine rings is 1. The number of nitrogens with zero attached hydrogens (tertiary/aromatic N) is 2. The number of rotatable bonds is 9. The number of halogens is 1. The molecular weight excluding hydrogens is 438 g/mol. The summed E-state index contributed by atoms with van der Waals surface area (Å²) in [7, 11) is -3.43. The van der Waals surface area contributed by atoms with Gasteiger partial charge in [-0.25, -0.2) is 8.42 Å². The molecule has 0 radical (unpaired) electrons. The van der Waals surface area contributed by atoms with Gasteiger partial charge in [-0.2, -0.15) is 4.31 Å². The van der Waals surface area contributed by atoms with E-state index in [9.17, 15) is 13.2 Å². The Hall–Kier alpha value is -2.29. The van der Waals surface area contributed by atoms with Crippen molar-refractivity contribution in [2.24, 2.45) is 0 Å².